The molecule has 1 saturated carbocycles. The van der Waals surface area contributed by atoms with Crippen molar-refractivity contribution in [1.29, 1.82) is 0 Å². The smallest absolute Gasteiger partial charge is 0.280 e. The van der Waals surface area contributed by atoms with Crippen LogP contribution >= 0.6 is 11.8 Å². The van der Waals surface area contributed by atoms with Gasteiger partial charge in [-0.1, -0.05) is 41.9 Å². The Balaban J connectivity index is 2.05. The van der Waals surface area contributed by atoms with E-state index >= 15 is 0 Å². The van der Waals surface area contributed by atoms with E-state index in [2.05, 4.69) is 30.3 Å². The Morgan fingerprint density at radius 2 is 2.11 bits per heavy atom. The van der Waals surface area contributed by atoms with Gasteiger partial charge in [0.1, 0.15) is 0 Å². The lowest BCUT2D eigenvalue weighted by atomic mass is 9.81. The number of benzene rings is 1. The summed E-state index contributed by atoms with van der Waals surface area (Å²) in [6.45, 7) is 0. The van der Waals surface area contributed by atoms with E-state index in [1.807, 2.05) is 10.9 Å². The SMILES string of the molecule is CS/C(N)=[N+]1/N=C2CCCC[C@H]2[C@H]1c1ccccc1. The van der Waals surface area contributed by atoms with Crippen molar-refractivity contribution in [1.82, 2.24) is 0 Å². The van der Waals surface area contributed by atoms with E-state index in [-0.39, 0.29) is 0 Å². The third kappa shape index (κ3) is 2.29. The van der Waals surface area contributed by atoms with E-state index in [0.717, 1.165) is 11.6 Å². The van der Waals surface area contributed by atoms with Crippen molar-refractivity contribution in [2.45, 2.75) is 31.7 Å². The maximum Gasteiger partial charge on any atom is 0.329 e. The van der Waals surface area contributed by atoms with Crippen LogP contribution in [-0.4, -0.2) is 21.8 Å². The molecule has 0 unspecified atom stereocenters. The molecular formula is C15H20N3S+. The Hall–Kier alpha value is -1.29. The molecule has 0 aromatic heterocycles. The minimum atomic E-state index is 0.295. The van der Waals surface area contributed by atoms with E-state index in [1.165, 1.54) is 30.5 Å². The minimum absolute atomic E-state index is 0.295. The van der Waals surface area contributed by atoms with Crippen LogP contribution in [0.25, 0.3) is 0 Å². The number of nitrogens with two attached hydrogens (primary N) is 1. The zero-order valence-electron chi connectivity index (χ0n) is 11.2. The number of hydrazone groups is 1. The van der Waals surface area contributed by atoms with Crippen molar-refractivity contribution in [3.8, 4) is 0 Å². The van der Waals surface area contributed by atoms with E-state index < -0.39 is 0 Å². The summed E-state index contributed by atoms with van der Waals surface area (Å²) in [5.74, 6) is 0.543. The predicted octanol–water partition coefficient (Wildman–Crippen LogP) is 2.98. The molecule has 1 aliphatic heterocycles. The van der Waals surface area contributed by atoms with Gasteiger partial charge in [0.15, 0.2) is 6.04 Å². The highest BCUT2D eigenvalue weighted by molar-refractivity contribution is 8.12. The first-order valence-corrected chi connectivity index (χ1v) is 8.11. The fourth-order valence-corrected chi connectivity index (χ4v) is 3.50. The topological polar surface area (TPSA) is 41.4 Å². The van der Waals surface area contributed by atoms with Crippen LogP contribution in [0.5, 0.6) is 0 Å². The number of thioether (sulfide) groups is 1. The second kappa shape index (κ2) is 5.37. The molecule has 2 N–H and O–H groups in total. The first-order valence-electron chi connectivity index (χ1n) is 6.89. The maximum atomic E-state index is 6.16. The molecule has 1 heterocycles. The molecule has 4 heteroatoms. The first-order chi connectivity index (χ1) is 9.31. The lowest BCUT2D eigenvalue weighted by Gasteiger charge is -2.22. The molecule has 1 aliphatic carbocycles. The third-order valence-electron chi connectivity index (χ3n) is 4.08. The molecule has 0 saturated heterocycles. The van der Waals surface area contributed by atoms with Gasteiger partial charge < -0.3 is 0 Å². The molecule has 1 aromatic rings. The van der Waals surface area contributed by atoms with Gasteiger partial charge in [-0.25, -0.2) is 0 Å². The van der Waals surface area contributed by atoms with Crippen molar-refractivity contribution in [3.05, 3.63) is 35.9 Å². The molecule has 3 rings (SSSR count). The van der Waals surface area contributed by atoms with E-state index in [4.69, 9.17) is 10.8 Å². The Bertz CT molecular complexity index is 521. The van der Waals surface area contributed by atoms with Crippen LogP contribution in [0, 0.1) is 5.92 Å². The third-order valence-corrected chi connectivity index (χ3v) is 4.69. The molecular weight excluding hydrogens is 254 g/mol. The average molecular weight is 274 g/mol. The summed E-state index contributed by atoms with van der Waals surface area (Å²) >= 11 is 1.58. The summed E-state index contributed by atoms with van der Waals surface area (Å²) in [7, 11) is 0. The standard InChI is InChI=1S/C15H19N3S/c1-19-15(16)18-14(11-7-3-2-4-8-11)12-9-5-6-10-13(12)17-18/h2-4,7-8,12,14,16H,5-6,9-10H2,1H3/p+1/t12-,14-/m1/s1. The summed E-state index contributed by atoms with van der Waals surface area (Å²) in [6.07, 6.45) is 6.95. The molecule has 0 spiro atoms. The molecule has 2 atom stereocenters. The molecule has 0 bridgehead atoms. The van der Waals surface area contributed by atoms with Gasteiger partial charge in [0.25, 0.3) is 0 Å². The van der Waals surface area contributed by atoms with Gasteiger partial charge in [0, 0.05) is 5.92 Å². The second-order valence-corrected chi connectivity index (χ2v) is 6.01. The van der Waals surface area contributed by atoms with Crippen LogP contribution in [0.15, 0.2) is 35.4 Å². The van der Waals surface area contributed by atoms with Gasteiger partial charge in [0.2, 0.25) is 0 Å². The van der Waals surface area contributed by atoms with Crippen LogP contribution in [0.1, 0.15) is 37.3 Å². The Morgan fingerprint density at radius 1 is 1.32 bits per heavy atom. The second-order valence-electron chi connectivity index (χ2n) is 5.19. The lowest BCUT2D eigenvalue weighted by molar-refractivity contribution is -0.571. The normalized spacial score (nSPS) is 28.8. The molecule has 0 amide bonds. The van der Waals surface area contributed by atoms with E-state index in [1.54, 1.807) is 11.8 Å². The first kappa shape index (κ1) is 12.7. The van der Waals surface area contributed by atoms with Crippen LogP contribution < -0.4 is 5.73 Å². The summed E-state index contributed by atoms with van der Waals surface area (Å²) in [6, 6.07) is 10.9. The van der Waals surface area contributed by atoms with Crippen LogP contribution in [0.3, 0.4) is 0 Å². The van der Waals surface area contributed by atoms with Crippen molar-refractivity contribution in [2.24, 2.45) is 16.8 Å². The summed E-state index contributed by atoms with van der Waals surface area (Å²) in [5, 5.41) is 5.61. The van der Waals surface area contributed by atoms with Crippen LogP contribution in [0.2, 0.25) is 0 Å². The average Bonchev–Trinajstić information content (AvgIpc) is 2.86. The van der Waals surface area contributed by atoms with Crippen LogP contribution in [0.4, 0.5) is 0 Å². The highest BCUT2D eigenvalue weighted by Gasteiger charge is 2.42. The number of hydrogen-bond acceptors (Lipinski definition) is 2. The van der Waals surface area contributed by atoms with Gasteiger partial charge in [-0.15, -0.1) is 4.68 Å². The highest BCUT2D eigenvalue weighted by Crippen LogP contribution is 2.40. The molecule has 3 nitrogen and oxygen atoms in total. The molecule has 0 radical (unpaired) electrons. The molecule has 19 heavy (non-hydrogen) atoms. The Labute approximate surface area is 118 Å². The zero-order valence-corrected chi connectivity index (χ0v) is 12.1. The van der Waals surface area contributed by atoms with Gasteiger partial charge in [-0.2, -0.15) is 0 Å². The number of fused-ring (bicyclic) bond motifs is 1. The number of amidine groups is 1. The lowest BCUT2D eigenvalue weighted by Crippen LogP contribution is -2.28. The zero-order chi connectivity index (χ0) is 13.2. The Kier molecular flexibility index (Phi) is 3.60. The monoisotopic (exact) mass is 274 g/mol. The largest absolute Gasteiger partial charge is 0.329 e. The van der Waals surface area contributed by atoms with Crippen molar-refractivity contribution in [2.75, 3.05) is 6.26 Å². The van der Waals surface area contributed by atoms with Gasteiger partial charge >= 0.3 is 5.17 Å². The quantitative estimate of drug-likeness (QED) is 0.632. The molecule has 1 aromatic carbocycles. The fourth-order valence-electron chi connectivity index (χ4n) is 3.16. The van der Waals surface area contributed by atoms with E-state index in [9.17, 15) is 0 Å². The summed E-state index contributed by atoms with van der Waals surface area (Å²) < 4.78 is 2.05. The molecule has 100 valence electrons. The Morgan fingerprint density at radius 3 is 2.84 bits per heavy atom. The number of rotatable bonds is 1. The summed E-state index contributed by atoms with van der Waals surface area (Å²) in [5.41, 5.74) is 8.83. The fraction of sp³-hybridized carbons (Fsp3) is 0.467. The van der Waals surface area contributed by atoms with Gasteiger partial charge in [-0.3, -0.25) is 5.73 Å². The highest BCUT2D eigenvalue weighted by atomic mass is 32.2. The van der Waals surface area contributed by atoms with Gasteiger partial charge in [0.05, 0.1) is 5.71 Å². The van der Waals surface area contributed by atoms with Crippen molar-refractivity contribution in [3.63, 3.8) is 0 Å². The number of hydrogen-bond donors (Lipinski definition) is 1. The van der Waals surface area contributed by atoms with Crippen molar-refractivity contribution < 1.29 is 4.68 Å². The molecule has 1 fully saturated rings. The summed E-state index contributed by atoms with van der Waals surface area (Å²) in [4.78, 5) is 0. The van der Waals surface area contributed by atoms with Crippen molar-refractivity contribution >= 4 is 22.6 Å². The maximum absolute atomic E-state index is 6.16. The van der Waals surface area contributed by atoms with Crippen LogP contribution in [-0.2, 0) is 0 Å². The molecule has 2 aliphatic rings. The minimum Gasteiger partial charge on any atom is -0.280 e. The predicted molar refractivity (Wildman–Crippen MR) is 81.5 cm³/mol. The number of nitrogens with zero attached hydrogens (tertiary/aromatic N) is 2. The van der Waals surface area contributed by atoms with E-state index in [0.29, 0.717) is 12.0 Å². The van der Waals surface area contributed by atoms with Gasteiger partial charge in [-0.05, 0) is 42.8 Å².